The van der Waals surface area contributed by atoms with Crippen LogP contribution in [0.25, 0.3) is 22.4 Å². The number of nitro benzene ring substituents is 1. The predicted molar refractivity (Wildman–Crippen MR) is 150 cm³/mol. The smallest absolute Gasteiger partial charge is 0.274 e. The summed E-state index contributed by atoms with van der Waals surface area (Å²) in [5.74, 6) is 0.617. The first-order chi connectivity index (χ1) is 18.8. The molecule has 0 aliphatic heterocycles. The summed E-state index contributed by atoms with van der Waals surface area (Å²) in [4.78, 5) is 28.2. The molecule has 0 unspecified atom stereocenters. The van der Waals surface area contributed by atoms with Crippen molar-refractivity contribution in [3.8, 4) is 40.0 Å². The number of pyridine rings is 1. The minimum absolute atomic E-state index is 0.0625. The fraction of sp³-hybridized carbons (Fsp3) is 0.138. The van der Waals surface area contributed by atoms with Gasteiger partial charge in [-0.25, -0.2) is 4.98 Å². The van der Waals surface area contributed by atoms with Crippen molar-refractivity contribution in [2.24, 2.45) is 0 Å². The van der Waals surface area contributed by atoms with E-state index < -0.39 is 4.92 Å². The van der Waals surface area contributed by atoms with Crippen molar-refractivity contribution in [1.29, 1.82) is 5.26 Å². The Morgan fingerprint density at radius 2 is 1.77 bits per heavy atom. The number of amides is 1. The minimum atomic E-state index is -0.492. The molecule has 0 fully saturated rings. The van der Waals surface area contributed by atoms with Crippen molar-refractivity contribution >= 4 is 29.0 Å². The third-order valence-electron chi connectivity index (χ3n) is 5.89. The molecule has 1 N–H and O–H groups in total. The molecule has 0 radical (unpaired) electrons. The van der Waals surface area contributed by atoms with Crippen LogP contribution in [0.5, 0.6) is 11.5 Å². The van der Waals surface area contributed by atoms with Crippen LogP contribution < -0.4 is 14.8 Å². The number of nitrogens with one attached hydrogen (secondary N) is 1. The quantitative estimate of drug-likeness (QED) is 0.150. The van der Waals surface area contributed by atoms with Crippen LogP contribution in [-0.2, 0) is 4.79 Å². The number of aryl methyl sites for hydroxylation is 1. The zero-order valence-corrected chi connectivity index (χ0v) is 22.2. The summed E-state index contributed by atoms with van der Waals surface area (Å²) in [6.45, 7) is 1.63. The van der Waals surface area contributed by atoms with Gasteiger partial charge >= 0.3 is 0 Å². The molecule has 1 aromatic heterocycles. The number of nitriles is 1. The van der Waals surface area contributed by atoms with E-state index in [4.69, 9.17) is 14.5 Å². The Balaban J connectivity index is 1.69. The summed E-state index contributed by atoms with van der Waals surface area (Å²) < 4.78 is 10.8. The van der Waals surface area contributed by atoms with E-state index in [0.29, 0.717) is 44.6 Å². The standard InChI is InChI=1S/C29H24N4O5S/c1-18-9-11-21(14-25(18)33(35)36)31-28(34)17-39-29-23(16-30)22(15-24(32-29)19-7-5-4-6-8-19)20-10-12-26(37-2)27(13-20)38-3/h4-15H,17H2,1-3H3,(H,31,34). The van der Waals surface area contributed by atoms with E-state index in [1.165, 1.54) is 13.2 Å². The number of aromatic nitrogens is 1. The summed E-state index contributed by atoms with van der Waals surface area (Å²) in [5.41, 5.74) is 3.88. The second-order valence-electron chi connectivity index (χ2n) is 8.38. The van der Waals surface area contributed by atoms with E-state index in [0.717, 1.165) is 22.9 Å². The molecule has 10 heteroatoms. The molecule has 0 aliphatic carbocycles. The molecule has 196 valence electrons. The fourth-order valence-corrected chi connectivity index (χ4v) is 4.74. The zero-order chi connectivity index (χ0) is 27.9. The van der Waals surface area contributed by atoms with E-state index in [1.54, 1.807) is 38.3 Å². The number of nitro groups is 1. The summed E-state index contributed by atoms with van der Waals surface area (Å²) in [6, 6.07) is 23.5. The number of hydrogen-bond donors (Lipinski definition) is 1. The molecule has 4 rings (SSSR count). The van der Waals surface area contributed by atoms with Crippen molar-refractivity contribution in [2.45, 2.75) is 11.9 Å². The Bertz CT molecular complexity index is 1590. The number of nitrogens with zero attached hydrogens (tertiary/aromatic N) is 3. The highest BCUT2D eigenvalue weighted by Gasteiger charge is 2.19. The lowest BCUT2D eigenvalue weighted by Gasteiger charge is -2.14. The van der Waals surface area contributed by atoms with Crippen LogP contribution >= 0.6 is 11.8 Å². The topological polar surface area (TPSA) is 127 Å². The highest BCUT2D eigenvalue weighted by Crippen LogP contribution is 2.38. The maximum atomic E-state index is 12.8. The van der Waals surface area contributed by atoms with E-state index >= 15 is 0 Å². The van der Waals surface area contributed by atoms with E-state index in [2.05, 4.69) is 11.4 Å². The Kier molecular flexibility index (Phi) is 8.43. The Morgan fingerprint density at radius 3 is 2.44 bits per heavy atom. The molecule has 0 bridgehead atoms. The average molecular weight is 541 g/mol. The number of methoxy groups -OCH3 is 2. The second-order valence-corrected chi connectivity index (χ2v) is 9.34. The van der Waals surface area contributed by atoms with Crippen LogP contribution in [0.3, 0.4) is 0 Å². The molecule has 1 heterocycles. The van der Waals surface area contributed by atoms with Crippen molar-refractivity contribution in [2.75, 3.05) is 25.3 Å². The molecule has 0 aliphatic rings. The van der Waals surface area contributed by atoms with E-state index in [-0.39, 0.29) is 17.3 Å². The van der Waals surface area contributed by atoms with Crippen molar-refractivity contribution in [1.82, 2.24) is 4.98 Å². The first kappa shape index (κ1) is 27.2. The summed E-state index contributed by atoms with van der Waals surface area (Å²) in [6.07, 6.45) is 0. The number of benzene rings is 3. The van der Waals surface area contributed by atoms with Crippen LogP contribution in [0.1, 0.15) is 11.1 Å². The Labute approximate surface area is 229 Å². The number of rotatable bonds is 9. The van der Waals surface area contributed by atoms with Gasteiger partial charge in [-0.2, -0.15) is 5.26 Å². The molecule has 0 spiro atoms. The van der Waals surface area contributed by atoms with Crippen molar-refractivity contribution in [3.63, 3.8) is 0 Å². The maximum absolute atomic E-state index is 12.8. The van der Waals surface area contributed by atoms with Gasteiger partial charge in [-0.1, -0.05) is 54.2 Å². The SMILES string of the molecule is COc1ccc(-c2cc(-c3ccccc3)nc(SCC(=O)Nc3ccc(C)c([N+](=O)[O-])c3)c2C#N)cc1OC. The number of ether oxygens (including phenoxy) is 2. The third-order valence-corrected chi connectivity index (χ3v) is 6.87. The van der Waals surface area contributed by atoms with Crippen LogP contribution in [0, 0.1) is 28.4 Å². The number of carbonyl (C=O) groups excluding carboxylic acids is 1. The first-order valence-electron chi connectivity index (χ1n) is 11.7. The van der Waals surface area contributed by atoms with E-state index in [9.17, 15) is 20.2 Å². The zero-order valence-electron chi connectivity index (χ0n) is 21.4. The van der Waals surface area contributed by atoms with Gasteiger partial charge in [-0.3, -0.25) is 14.9 Å². The number of hydrogen-bond acceptors (Lipinski definition) is 8. The molecule has 0 saturated carbocycles. The molecular formula is C29H24N4O5S. The first-order valence-corrected chi connectivity index (χ1v) is 12.7. The van der Waals surface area contributed by atoms with Gasteiger partial charge in [0, 0.05) is 28.4 Å². The molecule has 0 saturated heterocycles. The van der Waals surface area contributed by atoms with Crippen LogP contribution in [0.15, 0.2) is 77.8 Å². The normalized spacial score (nSPS) is 10.4. The summed E-state index contributed by atoms with van der Waals surface area (Å²) in [7, 11) is 3.09. The van der Waals surface area contributed by atoms with Gasteiger partial charge in [-0.15, -0.1) is 0 Å². The molecule has 4 aromatic rings. The largest absolute Gasteiger partial charge is 0.493 e. The fourth-order valence-electron chi connectivity index (χ4n) is 3.94. The number of carbonyl (C=O) groups is 1. The van der Waals surface area contributed by atoms with Gasteiger partial charge in [0.05, 0.1) is 36.2 Å². The lowest BCUT2D eigenvalue weighted by atomic mass is 9.99. The van der Waals surface area contributed by atoms with Crippen molar-refractivity contribution < 1.29 is 19.2 Å². The molecule has 3 aromatic carbocycles. The monoisotopic (exact) mass is 540 g/mol. The summed E-state index contributed by atoms with van der Waals surface area (Å²) >= 11 is 1.11. The van der Waals surface area contributed by atoms with E-state index in [1.807, 2.05) is 42.5 Å². The predicted octanol–water partition coefficient (Wildman–Crippen LogP) is 6.25. The molecule has 39 heavy (non-hydrogen) atoms. The lowest BCUT2D eigenvalue weighted by Crippen LogP contribution is -2.14. The maximum Gasteiger partial charge on any atom is 0.274 e. The van der Waals surface area contributed by atoms with Crippen molar-refractivity contribution in [3.05, 3.63) is 94.0 Å². The number of anilines is 1. The number of thioether (sulfide) groups is 1. The molecule has 1 amide bonds. The van der Waals surface area contributed by atoms with Gasteiger partial charge in [0.25, 0.3) is 5.69 Å². The minimum Gasteiger partial charge on any atom is -0.493 e. The van der Waals surface area contributed by atoms with Crippen LogP contribution in [0.2, 0.25) is 0 Å². The second kappa shape index (κ2) is 12.1. The Morgan fingerprint density at radius 1 is 1.03 bits per heavy atom. The highest BCUT2D eigenvalue weighted by atomic mass is 32.2. The molecule has 0 atom stereocenters. The lowest BCUT2D eigenvalue weighted by molar-refractivity contribution is -0.385. The highest BCUT2D eigenvalue weighted by molar-refractivity contribution is 8.00. The molecule has 9 nitrogen and oxygen atoms in total. The van der Waals surface area contributed by atoms with Gasteiger partial charge in [-0.05, 0) is 36.8 Å². The Hall–Kier alpha value is -4.88. The van der Waals surface area contributed by atoms with Gasteiger partial charge in [0.15, 0.2) is 11.5 Å². The van der Waals surface area contributed by atoms with Gasteiger partial charge in [0.1, 0.15) is 11.1 Å². The average Bonchev–Trinajstić information content (AvgIpc) is 2.96. The van der Waals surface area contributed by atoms with Gasteiger partial charge < -0.3 is 14.8 Å². The van der Waals surface area contributed by atoms with Crippen LogP contribution in [0.4, 0.5) is 11.4 Å². The molecular weight excluding hydrogens is 516 g/mol. The van der Waals surface area contributed by atoms with Gasteiger partial charge in [0.2, 0.25) is 5.91 Å². The van der Waals surface area contributed by atoms with Crippen LogP contribution in [-0.4, -0.2) is 35.8 Å². The summed E-state index contributed by atoms with van der Waals surface area (Å²) in [5, 5.41) is 24.5. The third kappa shape index (κ3) is 6.17.